The van der Waals surface area contributed by atoms with Gasteiger partial charge in [0.25, 0.3) is 0 Å². The van der Waals surface area contributed by atoms with Gasteiger partial charge in [0, 0.05) is 29.8 Å². The SMILES string of the molecule is CC1(C)NCCc2c1oc1cc(S(=O)(=O)c3cncc(F)c3)ccc21. The summed E-state index contributed by atoms with van der Waals surface area (Å²) in [7, 11) is -3.86. The predicted octanol–water partition coefficient (Wildman–Crippen LogP) is 3.18. The Morgan fingerprint density at radius 3 is 2.76 bits per heavy atom. The van der Waals surface area contributed by atoms with Crippen LogP contribution in [0.4, 0.5) is 4.39 Å². The number of rotatable bonds is 2. The third kappa shape index (κ3) is 2.54. The van der Waals surface area contributed by atoms with E-state index in [1.807, 2.05) is 13.8 Å². The maximum atomic E-state index is 13.4. The smallest absolute Gasteiger partial charge is 0.208 e. The van der Waals surface area contributed by atoms with Crippen LogP contribution in [0.3, 0.4) is 0 Å². The van der Waals surface area contributed by atoms with Crippen molar-refractivity contribution in [1.82, 2.24) is 10.3 Å². The largest absolute Gasteiger partial charge is 0.459 e. The van der Waals surface area contributed by atoms with Crippen molar-refractivity contribution in [2.45, 2.75) is 35.6 Å². The molecule has 3 heterocycles. The molecule has 0 atom stereocenters. The molecule has 2 aromatic heterocycles. The fraction of sp³-hybridized carbons (Fsp3) is 0.278. The molecule has 1 aliphatic heterocycles. The van der Waals surface area contributed by atoms with E-state index >= 15 is 0 Å². The highest BCUT2D eigenvalue weighted by Crippen LogP contribution is 2.37. The van der Waals surface area contributed by atoms with Crippen LogP contribution in [0.25, 0.3) is 11.0 Å². The van der Waals surface area contributed by atoms with E-state index in [1.54, 1.807) is 6.07 Å². The molecule has 0 saturated carbocycles. The van der Waals surface area contributed by atoms with E-state index in [-0.39, 0.29) is 15.3 Å². The number of nitrogens with zero attached hydrogens (tertiary/aromatic N) is 1. The molecule has 1 aromatic carbocycles. The molecular formula is C18H17FN2O3S. The molecule has 1 aliphatic rings. The van der Waals surface area contributed by atoms with E-state index in [0.717, 1.165) is 48.1 Å². The van der Waals surface area contributed by atoms with Gasteiger partial charge in [-0.2, -0.15) is 0 Å². The minimum absolute atomic E-state index is 0.0595. The van der Waals surface area contributed by atoms with Crippen molar-refractivity contribution in [1.29, 1.82) is 0 Å². The van der Waals surface area contributed by atoms with Crippen LogP contribution in [0.15, 0.2) is 50.9 Å². The number of furan rings is 1. The first kappa shape index (κ1) is 16.2. The Bertz CT molecular complexity index is 1090. The van der Waals surface area contributed by atoms with Gasteiger partial charge in [0.15, 0.2) is 0 Å². The fourth-order valence-corrected chi connectivity index (χ4v) is 4.56. The van der Waals surface area contributed by atoms with Crippen molar-refractivity contribution in [3.63, 3.8) is 0 Å². The minimum atomic E-state index is -3.86. The summed E-state index contributed by atoms with van der Waals surface area (Å²) in [5.74, 6) is 0.138. The highest BCUT2D eigenvalue weighted by Gasteiger charge is 2.32. The van der Waals surface area contributed by atoms with Gasteiger partial charge in [0.2, 0.25) is 9.84 Å². The maximum Gasteiger partial charge on any atom is 0.208 e. The quantitative estimate of drug-likeness (QED) is 0.760. The summed E-state index contributed by atoms with van der Waals surface area (Å²) >= 11 is 0. The van der Waals surface area contributed by atoms with Crippen LogP contribution in [0, 0.1) is 5.82 Å². The number of pyridine rings is 1. The fourth-order valence-electron chi connectivity index (χ4n) is 3.31. The normalized spacial score (nSPS) is 16.8. The summed E-state index contributed by atoms with van der Waals surface area (Å²) in [6.07, 6.45) is 2.94. The van der Waals surface area contributed by atoms with E-state index in [4.69, 9.17) is 4.42 Å². The molecule has 0 radical (unpaired) electrons. The lowest BCUT2D eigenvalue weighted by Crippen LogP contribution is -2.41. The maximum absolute atomic E-state index is 13.4. The van der Waals surface area contributed by atoms with Crippen molar-refractivity contribution >= 4 is 20.8 Å². The van der Waals surface area contributed by atoms with Gasteiger partial charge in [-0.1, -0.05) is 0 Å². The molecule has 1 N–H and O–H groups in total. The molecule has 25 heavy (non-hydrogen) atoms. The first-order valence-electron chi connectivity index (χ1n) is 7.96. The Hall–Kier alpha value is -2.25. The third-order valence-electron chi connectivity index (χ3n) is 4.57. The molecule has 0 saturated heterocycles. The number of fused-ring (bicyclic) bond motifs is 3. The number of nitrogens with one attached hydrogen (secondary N) is 1. The Morgan fingerprint density at radius 1 is 1.20 bits per heavy atom. The number of benzene rings is 1. The van der Waals surface area contributed by atoms with Gasteiger partial charge in [0.1, 0.15) is 17.2 Å². The molecule has 7 heteroatoms. The highest BCUT2D eigenvalue weighted by atomic mass is 32.2. The first-order chi connectivity index (χ1) is 11.8. The zero-order valence-electron chi connectivity index (χ0n) is 13.8. The standard InChI is InChI=1S/C18H17FN2O3S/c1-18(2)17-15(5-6-21-18)14-4-3-12(8-16(14)24-17)25(22,23)13-7-11(19)9-20-10-13/h3-4,7-10,21H,5-6H2,1-2H3. The number of aromatic nitrogens is 1. The van der Waals surface area contributed by atoms with Gasteiger partial charge in [-0.25, -0.2) is 12.8 Å². The monoisotopic (exact) mass is 360 g/mol. The van der Waals surface area contributed by atoms with Crippen molar-refractivity contribution in [2.24, 2.45) is 0 Å². The summed E-state index contributed by atoms with van der Waals surface area (Å²) in [5.41, 5.74) is 1.32. The lowest BCUT2D eigenvalue weighted by molar-refractivity contribution is 0.310. The van der Waals surface area contributed by atoms with Crippen LogP contribution in [0.1, 0.15) is 25.2 Å². The lowest BCUT2D eigenvalue weighted by atomic mass is 9.91. The lowest BCUT2D eigenvalue weighted by Gasteiger charge is -2.29. The zero-order chi connectivity index (χ0) is 17.8. The van der Waals surface area contributed by atoms with E-state index in [0.29, 0.717) is 5.58 Å². The molecule has 130 valence electrons. The third-order valence-corrected chi connectivity index (χ3v) is 6.29. The van der Waals surface area contributed by atoms with Crippen molar-refractivity contribution in [3.8, 4) is 0 Å². The van der Waals surface area contributed by atoms with E-state index in [1.165, 1.54) is 12.1 Å². The number of sulfone groups is 1. The molecule has 5 nitrogen and oxygen atoms in total. The minimum Gasteiger partial charge on any atom is -0.459 e. The van der Waals surface area contributed by atoms with Gasteiger partial charge < -0.3 is 9.73 Å². The topological polar surface area (TPSA) is 72.2 Å². The number of hydrogen-bond donors (Lipinski definition) is 1. The number of halogens is 1. The first-order valence-corrected chi connectivity index (χ1v) is 9.44. The van der Waals surface area contributed by atoms with Gasteiger partial charge >= 0.3 is 0 Å². The second kappa shape index (κ2) is 5.37. The van der Waals surface area contributed by atoms with Crippen molar-refractivity contribution in [3.05, 3.63) is 53.8 Å². The summed E-state index contributed by atoms with van der Waals surface area (Å²) in [5, 5.41) is 4.31. The zero-order valence-corrected chi connectivity index (χ0v) is 14.7. The van der Waals surface area contributed by atoms with Crippen LogP contribution < -0.4 is 5.32 Å². The van der Waals surface area contributed by atoms with Crippen LogP contribution in [0.2, 0.25) is 0 Å². The van der Waals surface area contributed by atoms with Crippen LogP contribution in [-0.4, -0.2) is 19.9 Å². The average molecular weight is 360 g/mol. The molecule has 4 rings (SSSR count). The molecule has 0 fully saturated rings. The molecule has 0 amide bonds. The average Bonchev–Trinajstić information content (AvgIpc) is 2.94. The van der Waals surface area contributed by atoms with E-state index < -0.39 is 15.7 Å². The van der Waals surface area contributed by atoms with Gasteiger partial charge in [-0.3, -0.25) is 4.98 Å². The predicted molar refractivity (Wildman–Crippen MR) is 90.6 cm³/mol. The summed E-state index contributed by atoms with van der Waals surface area (Å²) in [6.45, 7) is 4.90. The molecule has 0 bridgehead atoms. The van der Waals surface area contributed by atoms with Gasteiger partial charge in [-0.05, 0) is 38.5 Å². The summed E-state index contributed by atoms with van der Waals surface area (Å²) < 4.78 is 44.8. The van der Waals surface area contributed by atoms with Crippen LogP contribution in [-0.2, 0) is 21.8 Å². The highest BCUT2D eigenvalue weighted by molar-refractivity contribution is 7.91. The van der Waals surface area contributed by atoms with Crippen LogP contribution >= 0.6 is 0 Å². The Morgan fingerprint density at radius 2 is 2.00 bits per heavy atom. The molecule has 0 aliphatic carbocycles. The number of hydrogen-bond acceptors (Lipinski definition) is 5. The van der Waals surface area contributed by atoms with Gasteiger partial charge in [-0.15, -0.1) is 0 Å². The Kier molecular flexibility index (Phi) is 3.49. The molecular weight excluding hydrogens is 343 g/mol. The second-order valence-corrected chi connectivity index (χ2v) is 8.66. The summed E-state index contributed by atoms with van der Waals surface area (Å²) in [4.78, 5) is 3.51. The van der Waals surface area contributed by atoms with Crippen molar-refractivity contribution < 1.29 is 17.2 Å². The molecule has 0 spiro atoms. The van der Waals surface area contributed by atoms with Crippen LogP contribution in [0.5, 0.6) is 0 Å². The van der Waals surface area contributed by atoms with E-state index in [9.17, 15) is 12.8 Å². The Labute approximate surface area is 144 Å². The van der Waals surface area contributed by atoms with Crippen molar-refractivity contribution in [2.75, 3.05) is 6.54 Å². The van der Waals surface area contributed by atoms with E-state index in [2.05, 4.69) is 10.3 Å². The summed E-state index contributed by atoms with van der Waals surface area (Å²) in [6, 6.07) is 5.77. The van der Waals surface area contributed by atoms with Gasteiger partial charge in [0.05, 0.1) is 21.5 Å². The molecule has 3 aromatic rings. The second-order valence-electron chi connectivity index (χ2n) is 6.71. The molecule has 0 unspecified atom stereocenters. The Balaban J connectivity index is 1.88.